The van der Waals surface area contributed by atoms with Gasteiger partial charge in [-0.25, -0.2) is 9.50 Å². The van der Waals surface area contributed by atoms with Gasteiger partial charge in [-0.05, 0) is 42.0 Å². The maximum Gasteiger partial charge on any atom is 0.225 e. The minimum Gasteiger partial charge on any atom is -0.497 e. The molecule has 0 aliphatic carbocycles. The fourth-order valence-electron chi connectivity index (χ4n) is 3.51. The van der Waals surface area contributed by atoms with Crippen LogP contribution >= 0.6 is 0 Å². The lowest BCUT2D eigenvalue weighted by molar-refractivity contribution is -0.117. The van der Waals surface area contributed by atoms with Gasteiger partial charge in [0.25, 0.3) is 0 Å². The highest BCUT2D eigenvalue weighted by atomic mass is 16.5. The van der Waals surface area contributed by atoms with Crippen molar-refractivity contribution >= 4 is 17.4 Å². The van der Waals surface area contributed by atoms with Crippen molar-refractivity contribution in [3.05, 3.63) is 42.6 Å². The van der Waals surface area contributed by atoms with E-state index in [4.69, 9.17) is 4.74 Å². The van der Waals surface area contributed by atoms with Gasteiger partial charge in [-0.3, -0.25) is 4.79 Å². The first-order valence-corrected chi connectivity index (χ1v) is 9.54. The highest BCUT2D eigenvalue weighted by molar-refractivity contribution is 5.90. The Kier molecular flexibility index (Phi) is 5.68. The van der Waals surface area contributed by atoms with Crippen molar-refractivity contribution in [1.29, 1.82) is 0 Å². The molecular formula is C22H28N4O2. The molecule has 0 bridgehead atoms. The Morgan fingerprint density at radius 2 is 2.04 bits per heavy atom. The summed E-state index contributed by atoms with van der Waals surface area (Å²) in [4.78, 5) is 16.8. The van der Waals surface area contributed by atoms with Crippen LogP contribution in [0.15, 0.2) is 42.6 Å². The second kappa shape index (κ2) is 8.00. The molecule has 6 heteroatoms. The van der Waals surface area contributed by atoms with Crippen LogP contribution in [0, 0.1) is 11.3 Å². The summed E-state index contributed by atoms with van der Waals surface area (Å²) in [5.41, 5.74) is 2.66. The van der Waals surface area contributed by atoms with Gasteiger partial charge in [-0.2, -0.15) is 5.10 Å². The van der Waals surface area contributed by atoms with Gasteiger partial charge in [0.1, 0.15) is 5.75 Å². The Hall–Kier alpha value is -2.89. The van der Waals surface area contributed by atoms with Gasteiger partial charge < -0.3 is 10.1 Å². The first-order chi connectivity index (χ1) is 13.2. The summed E-state index contributed by atoms with van der Waals surface area (Å²) in [5, 5.41) is 7.50. The minimum atomic E-state index is -0.0202. The van der Waals surface area contributed by atoms with Gasteiger partial charge in [0.05, 0.1) is 19.0 Å². The Morgan fingerprint density at radius 3 is 2.75 bits per heavy atom. The lowest BCUT2D eigenvalue weighted by Gasteiger charge is -2.22. The summed E-state index contributed by atoms with van der Waals surface area (Å²) < 4.78 is 6.96. The number of nitrogens with zero attached hydrogens (tertiary/aromatic N) is 3. The van der Waals surface area contributed by atoms with Crippen LogP contribution in [0.1, 0.15) is 40.5 Å². The van der Waals surface area contributed by atoms with E-state index in [1.807, 2.05) is 36.4 Å². The number of hydrogen-bond donors (Lipinski definition) is 1. The van der Waals surface area contributed by atoms with Crippen LogP contribution in [-0.4, -0.2) is 27.6 Å². The number of anilines is 1. The summed E-state index contributed by atoms with van der Waals surface area (Å²) >= 11 is 0. The van der Waals surface area contributed by atoms with Gasteiger partial charge in [-0.1, -0.05) is 39.8 Å². The highest BCUT2D eigenvalue weighted by Crippen LogP contribution is 2.26. The molecule has 1 aromatic carbocycles. The maximum absolute atomic E-state index is 12.3. The number of hydrogen-bond acceptors (Lipinski definition) is 4. The van der Waals surface area contributed by atoms with Gasteiger partial charge >= 0.3 is 0 Å². The fraction of sp³-hybridized carbons (Fsp3) is 0.409. The molecule has 0 radical (unpaired) electrons. The van der Waals surface area contributed by atoms with Crippen molar-refractivity contribution in [2.75, 3.05) is 12.4 Å². The summed E-state index contributed by atoms with van der Waals surface area (Å²) in [7, 11) is 1.64. The number of carbonyl (C=O) groups is 1. The largest absolute Gasteiger partial charge is 0.497 e. The standard InChI is InChI=1S/C22H28N4O2/c1-15(13-22(2,3)4)11-21(27)24-19-14-26-20(23-19)10-9-18(25-26)16-7-6-8-17(12-16)28-5/h6-10,12,14-15H,11,13H2,1-5H3,(H,24,27). The molecule has 3 rings (SSSR count). The molecule has 0 aliphatic rings. The van der Waals surface area contributed by atoms with Gasteiger partial charge in [0, 0.05) is 12.0 Å². The molecule has 1 unspecified atom stereocenters. The summed E-state index contributed by atoms with van der Waals surface area (Å²) in [5.74, 6) is 1.59. The summed E-state index contributed by atoms with van der Waals surface area (Å²) in [6.07, 6.45) is 3.22. The number of aromatic nitrogens is 3. The van der Waals surface area contributed by atoms with Crippen molar-refractivity contribution in [3.8, 4) is 17.0 Å². The summed E-state index contributed by atoms with van der Waals surface area (Å²) in [6, 6.07) is 11.5. The average Bonchev–Trinajstić information content (AvgIpc) is 3.00. The topological polar surface area (TPSA) is 68.5 Å². The predicted molar refractivity (Wildman–Crippen MR) is 111 cm³/mol. The Bertz CT molecular complexity index is 972. The SMILES string of the molecule is COc1cccc(-c2ccc3nc(NC(=O)CC(C)CC(C)(C)C)cn3n2)c1. The van der Waals surface area contributed by atoms with Crippen LogP contribution in [0.4, 0.5) is 5.82 Å². The smallest absolute Gasteiger partial charge is 0.225 e. The van der Waals surface area contributed by atoms with Crippen LogP contribution < -0.4 is 10.1 Å². The Labute approximate surface area is 165 Å². The number of benzene rings is 1. The van der Waals surface area contributed by atoms with Gasteiger partial charge in [0.2, 0.25) is 5.91 Å². The Balaban J connectivity index is 1.73. The molecule has 1 N–H and O–H groups in total. The zero-order valence-electron chi connectivity index (χ0n) is 17.2. The molecule has 0 spiro atoms. The molecule has 1 amide bonds. The number of carbonyl (C=O) groups excluding carboxylic acids is 1. The lowest BCUT2D eigenvalue weighted by atomic mass is 9.84. The molecule has 28 heavy (non-hydrogen) atoms. The number of methoxy groups -OCH3 is 1. The molecule has 2 aromatic heterocycles. The molecule has 3 aromatic rings. The number of nitrogens with one attached hydrogen (secondary N) is 1. The van der Waals surface area contributed by atoms with E-state index >= 15 is 0 Å². The second-order valence-corrected chi connectivity index (χ2v) is 8.50. The normalized spacial score (nSPS) is 12.8. The van der Waals surface area contributed by atoms with Crippen LogP contribution in [0.25, 0.3) is 16.9 Å². The van der Waals surface area contributed by atoms with E-state index in [2.05, 4.69) is 43.1 Å². The summed E-state index contributed by atoms with van der Waals surface area (Å²) in [6.45, 7) is 8.68. The minimum absolute atomic E-state index is 0.0202. The maximum atomic E-state index is 12.3. The average molecular weight is 380 g/mol. The van der Waals surface area contributed by atoms with Gasteiger partial charge in [0.15, 0.2) is 11.5 Å². The number of fused-ring (bicyclic) bond motifs is 1. The molecular weight excluding hydrogens is 352 g/mol. The van der Waals surface area contributed by atoms with E-state index in [0.29, 0.717) is 23.8 Å². The first-order valence-electron chi connectivity index (χ1n) is 9.54. The number of rotatable bonds is 6. The van der Waals surface area contributed by atoms with E-state index in [1.165, 1.54) is 0 Å². The zero-order valence-corrected chi connectivity index (χ0v) is 17.2. The number of imidazole rings is 1. The van der Waals surface area contributed by atoms with Crippen molar-refractivity contribution in [1.82, 2.24) is 14.6 Å². The van der Waals surface area contributed by atoms with Crippen molar-refractivity contribution in [2.24, 2.45) is 11.3 Å². The van der Waals surface area contributed by atoms with Crippen LogP contribution in [-0.2, 0) is 4.79 Å². The third-order valence-electron chi connectivity index (χ3n) is 4.45. The number of amides is 1. The van der Waals surface area contributed by atoms with Crippen molar-refractivity contribution in [3.63, 3.8) is 0 Å². The Morgan fingerprint density at radius 1 is 1.25 bits per heavy atom. The van der Waals surface area contributed by atoms with Crippen LogP contribution in [0.3, 0.4) is 0 Å². The van der Waals surface area contributed by atoms with Crippen LogP contribution in [0.5, 0.6) is 5.75 Å². The predicted octanol–water partition coefficient (Wildman–Crippen LogP) is 4.81. The quantitative estimate of drug-likeness (QED) is 0.666. The third-order valence-corrected chi connectivity index (χ3v) is 4.45. The monoisotopic (exact) mass is 380 g/mol. The van der Waals surface area contributed by atoms with Crippen molar-refractivity contribution < 1.29 is 9.53 Å². The third kappa shape index (κ3) is 5.09. The van der Waals surface area contributed by atoms with Crippen molar-refractivity contribution in [2.45, 2.75) is 40.5 Å². The van der Waals surface area contributed by atoms with E-state index in [9.17, 15) is 4.79 Å². The molecule has 0 saturated carbocycles. The second-order valence-electron chi connectivity index (χ2n) is 8.50. The van der Waals surface area contributed by atoms with Crippen LogP contribution in [0.2, 0.25) is 0 Å². The van der Waals surface area contributed by atoms with E-state index in [-0.39, 0.29) is 11.3 Å². The zero-order chi connectivity index (χ0) is 20.3. The molecule has 6 nitrogen and oxygen atoms in total. The van der Waals surface area contributed by atoms with E-state index in [0.717, 1.165) is 23.4 Å². The molecule has 0 fully saturated rings. The molecule has 2 heterocycles. The molecule has 0 saturated heterocycles. The molecule has 148 valence electrons. The van der Waals surface area contributed by atoms with Gasteiger partial charge in [-0.15, -0.1) is 0 Å². The molecule has 0 aliphatic heterocycles. The first kappa shape index (κ1) is 19.9. The lowest BCUT2D eigenvalue weighted by Crippen LogP contribution is -2.19. The highest BCUT2D eigenvalue weighted by Gasteiger charge is 2.18. The fourth-order valence-corrected chi connectivity index (χ4v) is 3.51. The number of ether oxygens (including phenoxy) is 1. The molecule has 1 atom stereocenters. The van der Waals surface area contributed by atoms with E-state index < -0.39 is 0 Å². The van der Waals surface area contributed by atoms with E-state index in [1.54, 1.807) is 17.8 Å².